The summed E-state index contributed by atoms with van der Waals surface area (Å²) in [6.45, 7) is 0. The van der Waals surface area contributed by atoms with Gasteiger partial charge in [-0.2, -0.15) is 26.3 Å². The van der Waals surface area contributed by atoms with Crippen LogP contribution in [0.2, 0.25) is 0 Å². The average molecular weight is 989 g/mol. The molecule has 8 heteroatoms. The van der Waals surface area contributed by atoms with Crippen LogP contribution in [-0.2, 0) is 17.8 Å². The Hall–Kier alpha value is -9.14. The van der Waals surface area contributed by atoms with E-state index in [-0.39, 0.29) is 11.4 Å². The molecule has 1 spiro atoms. The molecule has 0 unspecified atom stereocenters. The Morgan fingerprint density at radius 1 is 0.280 bits per heavy atom. The number of fused-ring (bicyclic) bond motifs is 9. The summed E-state index contributed by atoms with van der Waals surface area (Å²) in [6, 6.07) is 78.2. The van der Waals surface area contributed by atoms with Gasteiger partial charge in [0.1, 0.15) is 0 Å². The van der Waals surface area contributed by atoms with E-state index in [1.807, 2.05) is 170 Å². The standard InChI is InChI=1S/C67H42F6N2/c68-66(69,70)55-31-13-17-36-62(55)74(59-34-15-9-24-46(59)43-20-3-1-4-21-43)45-38-39-50-51-40-41-61(75(63-37-18-14-32-56(63)67(71,72)73)60-35-16-10-25-47(60)44-22-5-2-6-23-44)52-28-19-33-57(64(51)52)65(58(50)42-45)53-29-11-7-26-48(53)49-27-8-12-30-54(49)65/h1-42H. The molecule has 11 aromatic carbocycles. The van der Waals surface area contributed by atoms with Gasteiger partial charge in [0.2, 0.25) is 0 Å². The van der Waals surface area contributed by atoms with Crippen molar-refractivity contribution >= 4 is 44.9 Å². The number of nitrogens with zero attached hydrogens (tertiary/aromatic N) is 2. The SMILES string of the molecule is FC(F)(F)c1ccccc1N(c1ccc2c(c1)C1(c3ccccc3-c3ccccc31)c1cccc3c(N(c4ccccc4-c4ccccc4)c4ccccc4C(F)(F)F)ccc-2c13)c1ccccc1-c1ccccc1. The molecule has 0 N–H and O–H groups in total. The lowest BCUT2D eigenvalue weighted by atomic mass is 9.61. The van der Waals surface area contributed by atoms with E-state index in [9.17, 15) is 0 Å². The maximum absolute atomic E-state index is 15.4. The maximum Gasteiger partial charge on any atom is 0.418 e. The summed E-state index contributed by atoms with van der Waals surface area (Å²) < 4.78 is 92.5. The Kier molecular flexibility index (Phi) is 10.7. The molecule has 13 rings (SSSR count). The first-order valence-electron chi connectivity index (χ1n) is 24.7. The summed E-state index contributed by atoms with van der Waals surface area (Å²) >= 11 is 0. The van der Waals surface area contributed by atoms with E-state index in [1.165, 1.54) is 24.3 Å². The fourth-order valence-corrected chi connectivity index (χ4v) is 12.0. The minimum absolute atomic E-state index is 0.0313. The van der Waals surface area contributed by atoms with Crippen molar-refractivity contribution in [2.45, 2.75) is 17.8 Å². The van der Waals surface area contributed by atoms with E-state index < -0.39 is 28.9 Å². The van der Waals surface area contributed by atoms with E-state index in [2.05, 4.69) is 36.4 Å². The zero-order valence-electron chi connectivity index (χ0n) is 39.9. The Morgan fingerprint density at radius 2 is 0.693 bits per heavy atom. The van der Waals surface area contributed by atoms with Gasteiger partial charge in [-0.25, -0.2) is 0 Å². The van der Waals surface area contributed by atoms with Crippen LogP contribution in [0.15, 0.2) is 255 Å². The highest BCUT2D eigenvalue weighted by atomic mass is 19.4. The second kappa shape index (κ2) is 17.5. The van der Waals surface area contributed by atoms with Crippen LogP contribution in [-0.4, -0.2) is 0 Å². The van der Waals surface area contributed by atoms with Crippen molar-refractivity contribution < 1.29 is 26.3 Å². The van der Waals surface area contributed by atoms with Crippen molar-refractivity contribution in [3.8, 4) is 44.5 Å². The van der Waals surface area contributed by atoms with Crippen LogP contribution in [0, 0.1) is 0 Å². The van der Waals surface area contributed by atoms with Gasteiger partial charge in [0.15, 0.2) is 0 Å². The zero-order valence-corrected chi connectivity index (χ0v) is 39.9. The normalized spacial score (nSPS) is 13.0. The lowest BCUT2D eigenvalue weighted by molar-refractivity contribution is -0.137. The Balaban J connectivity index is 1.14. The maximum atomic E-state index is 15.4. The minimum atomic E-state index is -4.70. The third-order valence-corrected chi connectivity index (χ3v) is 14.9. The van der Waals surface area contributed by atoms with Crippen LogP contribution in [0.5, 0.6) is 0 Å². The third kappa shape index (κ3) is 7.19. The number of hydrogen-bond acceptors (Lipinski definition) is 2. The first-order chi connectivity index (χ1) is 36.5. The van der Waals surface area contributed by atoms with Gasteiger partial charge in [-0.05, 0) is 116 Å². The van der Waals surface area contributed by atoms with Gasteiger partial charge in [-0.3, -0.25) is 0 Å². The fourth-order valence-electron chi connectivity index (χ4n) is 12.0. The van der Waals surface area contributed by atoms with Gasteiger partial charge in [0, 0.05) is 22.2 Å². The van der Waals surface area contributed by atoms with Gasteiger partial charge in [0.05, 0.1) is 45.0 Å². The number of para-hydroxylation sites is 4. The number of halogens is 6. The van der Waals surface area contributed by atoms with Crippen LogP contribution in [0.1, 0.15) is 33.4 Å². The number of anilines is 6. The van der Waals surface area contributed by atoms with E-state index in [0.717, 1.165) is 89.7 Å². The molecule has 0 amide bonds. The first-order valence-corrected chi connectivity index (χ1v) is 24.7. The number of hydrogen-bond donors (Lipinski definition) is 0. The molecule has 0 aliphatic heterocycles. The predicted octanol–water partition coefficient (Wildman–Crippen LogP) is 19.5. The summed E-state index contributed by atoms with van der Waals surface area (Å²) in [5, 5.41) is 1.57. The Bertz CT molecular complexity index is 3970. The molecule has 0 fully saturated rings. The second-order valence-corrected chi connectivity index (χ2v) is 18.9. The molecular weight excluding hydrogens is 947 g/mol. The fraction of sp³-hybridized carbons (Fsp3) is 0.0448. The van der Waals surface area contributed by atoms with Crippen molar-refractivity contribution in [3.05, 3.63) is 288 Å². The first kappa shape index (κ1) is 45.7. The molecule has 75 heavy (non-hydrogen) atoms. The quantitative estimate of drug-likeness (QED) is 0.140. The Morgan fingerprint density at radius 3 is 1.24 bits per heavy atom. The van der Waals surface area contributed by atoms with E-state index >= 15 is 26.3 Å². The molecule has 11 aromatic rings. The molecule has 2 aliphatic rings. The highest BCUT2D eigenvalue weighted by molar-refractivity contribution is 6.13. The van der Waals surface area contributed by atoms with Crippen LogP contribution in [0.25, 0.3) is 55.3 Å². The van der Waals surface area contributed by atoms with Gasteiger partial charge in [-0.15, -0.1) is 0 Å². The Labute approximate surface area is 429 Å². The van der Waals surface area contributed by atoms with Crippen molar-refractivity contribution in [2.24, 2.45) is 0 Å². The second-order valence-electron chi connectivity index (χ2n) is 18.9. The monoisotopic (exact) mass is 988 g/mol. The highest BCUT2D eigenvalue weighted by Crippen LogP contribution is 2.64. The summed E-state index contributed by atoms with van der Waals surface area (Å²) in [6.07, 6.45) is -9.39. The van der Waals surface area contributed by atoms with Gasteiger partial charge < -0.3 is 9.80 Å². The largest absolute Gasteiger partial charge is 0.418 e. The smallest absolute Gasteiger partial charge is 0.309 e. The van der Waals surface area contributed by atoms with Crippen LogP contribution >= 0.6 is 0 Å². The van der Waals surface area contributed by atoms with E-state index in [1.54, 1.807) is 21.9 Å². The molecule has 0 saturated carbocycles. The number of benzene rings is 11. The van der Waals surface area contributed by atoms with Crippen LogP contribution < -0.4 is 9.80 Å². The van der Waals surface area contributed by atoms with Crippen LogP contribution in [0.3, 0.4) is 0 Å². The molecule has 2 nitrogen and oxygen atoms in total. The van der Waals surface area contributed by atoms with E-state index in [0.29, 0.717) is 22.7 Å². The molecule has 0 atom stereocenters. The summed E-state index contributed by atoms with van der Waals surface area (Å²) in [5.74, 6) is 0. The molecule has 0 radical (unpaired) electrons. The molecule has 0 saturated heterocycles. The van der Waals surface area contributed by atoms with E-state index in [4.69, 9.17) is 0 Å². The lowest BCUT2D eigenvalue weighted by Gasteiger charge is -2.41. The third-order valence-electron chi connectivity index (χ3n) is 14.9. The zero-order chi connectivity index (χ0) is 51.1. The predicted molar refractivity (Wildman–Crippen MR) is 290 cm³/mol. The van der Waals surface area contributed by atoms with Crippen molar-refractivity contribution in [1.29, 1.82) is 0 Å². The van der Waals surface area contributed by atoms with Gasteiger partial charge in [0.25, 0.3) is 0 Å². The molecule has 2 aliphatic carbocycles. The van der Waals surface area contributed by atoms with Gasteiger partial charge in [-0.1, -0.05) is 200 Å². The number of alkyl halides is 6. The topological polar surface area (TPSA) is 6.48 Å². The van der Waals surface area contributed by atoms with Crippen molar-refractivity contribution in [1.82, 2.24) is 0 Å². The number of rotatable bonds is 8. The van der Waals surface area contributed by atoms with Crippen molar-refractivity contribution in [2.75, 3.05) is 9.80 Å². The average Bonchev–Trinajstić information content (AvgIpc) is 3.77. The molecule has 362 valence electrons. The molecular formula is C67H42F6N2. The summed E-state index contributed by atoms with van der Waals surface area (Å²) in [7, 11) is 0. The van der Waals surface area contributed by atoms with Crippen LogP contribution in [0.4, 0.5) is 60.5 Å². The van der Waals surface area contributed by atoms with Crippen molar-refractivity contribution in [3.63, 3.8) is 0 Å². The van der Waals surface area contributed by atoms with Gasteiger partial charge >= 0.3 is 12.4 Å². The summed E-state index contributed by atoms with van der Waals surface area (Å²) in [4.78, 5) is 3.47. The minimum Gasteiger partial charge on any atom is -0.309 e. The molecule has 0 aromatic heterocycles. The summed E-state index contributed by atoms with van der Waals surface area (Å²) in [5.41, 5.74) is 10.0. The molecule has 0 heterocycles. The lowest BCUT2D eigenvalue weighted by Crippen LogP contribution is -2.32. The highest BCUT2D eigenvalue weighted by Gasteiger charge is 2.51. The molecule has 0 bridgehead atoms.